The molecule has 0 amide bonds. The lowest BCUT2D eigenvalue weighted by Crippen LogP contribution is -2.01. The Hall–Kier alpha value is -1.49. The van der Waals surface area contributed by atoms with Gasteiger partial charge >= 0.3 is 0 Å². The maximum absolute atomic E-state index is 4.07. The van der Waals surface area contributed by atoms with E-state index >= 15 is 0 Å². The zero-order valence-corrected chi connectivity index (χ0v) is 8.58. The Bertz CT molecular complexity index is 399. The van der Waals surface area contributed by atoms with Crippen LogP contribution in [0.1, 0.15) is 11.1 Å². The summed E-state index contributed by atoms with van der Waals surface area (Å²) in [5.41, 5.74) is 2.42. The van der Waals surface area contributed by atoms with Crippen molar-refractivity contribution < 1.29 is 0 Å². The first kappa shape index (κ1) is 9.08. The second-order valence-corrected chi connectivity index (χ2v) is 3.68. The highest BCUT2D eigenvalue weighted by atomic mass is 32.1. The minimum atomic E-state index is 0.745. The van der Waals surface area contributed by atoms with Gasteiger partial charge in [-0.3, -0.25) is 4.98 Å². The molecule has 4 nitrogen and oxygen atoms in total. The van der Waals surface area contributed by atoms with E-state index in [9.17, 15) is 0 Å². The van der Waals surface area contributed by atoms with E-state index in [4.69, 9.17) is 0 Å². The van der Waals surface area contributed by atoms with Crippen molar-refractivity contribution in [2.45, 2.75) is 13.5 Å². The Morgan fingerprint density at radius 3 is 3.14 bits per heavy atom. The van der Waals surface area contributed by atoms with Crippen molar-refractivity contribution in [2.24, 2.45) is 0 Å². The van der Waals surface area contributed by atoms with Gasteiger partial charge in [0.25, 0.3) is 0 Å². The first-order valence-corrected chi connectivity index (χ1v) is 5.03. The predicted molar refractivity (Wildman–Crippen MR) is 56.2 cm³/mol. The van der Waals surface area contributed by atoms with Crippen molar-refractivity contribution in [3.8, 4) is 0 Å². The zero-order valence-electron chi connectivity index (χ0n) is 7.77. The summed E-state index contributed by atoms with van der Waals surface area (Å²) in [4.78, 5) is 8.11. The molecule has 0 aromatic carbocycles. The van der Waals surface area contributed by atoms with E-state index in [1.54, 1.807) is 12.5 Å². The molecular weight excluding hydrogens is 196 g/mol. The van der Waals surface area contributed by atoms with E-state index in [0.717, 1.165) is 11.7 Å². The number of hydrogen-bond donors (Lipinski definition) is 1. The predicted octanol–water partition coefficient (Wildman–Crippen LogP) is 1.85. The molecule has 0 bridgehead atoms. The molecule has 0 unspecified atom stereocenters. The summed E-state index contributed by atoms with van der Waals surface area (Å²) in [6, 6.07) is 2.00. The molecular formula is C9H10N4S. The molecule has 0 fully saturated rings. The molecule has 14 heavy (non-hydrogen) atoms. The summed E-state index contributed by atoms with van der Waals surface area (Å²) in [5, 5.41) is 4.03. The molecule has 2 heterocycles. The Balaban J connectivity index is 2.02. The van der Waals surface area contributed by atoms with Gasteiger partial charge in [0.15, 0.2) is 0 Å². The van der Waals surface area contributed by atoms with E-state index in [0.29, 0.717) is 0 Å². The van der Waals surface area contributed by atoms with Gasteiger partial charge in [0.05, 0.1) is 0 Å². The molecule has 1 N–H and O–H groups in total. The summed E-state index contributed by atoms with van der Waals surface area (Å²) >= 11 is 1.36. The molecule has 5 heteroatoms. The van der Waals surface area contributed by atoms with E-state index in [1.807, 2.05) is 12.3 Å². The van der Waals surface area contributed by atoms with Crippen LogP contribution in [0, 0.1) is 6.92 Å². The van der Waals surface area contributed by atoms with E-state index in [1.165, 1.54) is 22.7 Å². The summed E-state index contributed by atoms with van der Waals surface area (Å²) in [6.45, 7) is 2.81. The fourth-order valence-electron chi connectivity index (χ4n) is 1.10. The van der Waals surface area contributed by atoms with E-state index in [2.05, 4.69) is 26.6 Å². The smallest absolute Gasteiger partial charge is 0.202 e. The molecule has 72 valence electrons. The van der Waals surface area contributed by atoms with Crippen LogP contribution >= 0.6 is 11.5 Å². The van der Waals surface area contributed by atoms with Crippen LogP contribution in [0.15, 0.2) is 24.8 Å². The molecule has 0 radical (unpaired) electrons. The SMILES string of the molecule is Cc1ccncc1CNc1ncns1. The van der Waals surface area contributed by atoms with Gasteiger partial charge in [-0.25, -0.2) is 4.98 Å². The monoisotopic (exact) mass is 206 g/mol. The third-order valence-corrected chi connectivity index (χ3v) is 2.56. The van der Waals surface area contributed by atoms with E-state index in [-0.39, 0.29) is 0 Å². The summed E-state index contributed by atoms with van der Waals surface area (Å²) in [6.07, 6.45) is 5.20. The number of hydrogen-bond acceptors (Lipinski definition) is 5. The van der Waals surface area contributed by atoms with Crippen LogP contribution in [0.4, 0.5) is 5.13 Å². The van der Waals surface area contributed by atoms with Crippen LogP contribution in [0.25, 0.3) is 0 Å². The standard InChI is InChI=1S/C9H10N4S/c1-7-2-3-10-4-8(7)5-11-9-12-6-13-14-9/h2-4,6H,5H2,1H3,(H,11,12,13). The second-order valence-electron chi connectivity index (χ2n) is 2.90. The molecule has 0 saturated heterocycles. The number of pyridine rings is 1. The third-order valence-electron chi connectivity index (χ3n) is 1.94. The minimum absolute atomic E-state index is 0.745. The van der Waals surface area contributed by atoms with Gasteiger partial charge in [-0.15, -0.1) is 0 Å². The summed E-state index contributed by atoms with van der Waals surface area (Å²) in [5.74, 6) is 0. The highest BCUT2D eigenvalue weighted by Gasteiger charge is 1.99. The molecule has 0 atom stereocenters. The van der Waals surface area contributed by atoms with E-state index < -0.39 is 0 Å². The normalized spacial score (nSPS) is 10.1. The van der Waals surface area contributed by atoms with Gasteiger partial charge < -0.3 is 5.32 Å². The van der Waals surface area contributed by atoms with Crippen molar-refractivity contribution in [1.29, 1.82) is 0 Å². The lowest BCUT2D eigenvalue weighted by Gasteiger charge is -2.04. The van der Waals surface area contributed by atoms with Gasteiger partial charge in [0, 0.05) is 30.5 Å². The fraction of sp³-hybridized carbons (Fsp3) is 0.222. The molecule has 2 rings (SSSR count). The van der Waals surface area contributed by atoms with Crippen molar-refractivity contribution in [1.82, 2.24) is 14.3 Å². The fourth-order valence-corrected chi connectivity index (χ4v) is 1.53. The highest BCUT2D eigenvalue weighted by molar-refractivity contribution is 7.09. The van der Waals surface area contributed by atoms with Gasteiger partial charge in [-0.1, -0.05) is 0 Å². The van der Waals surface area contributed by atoms with Crippen LogP contribution in [0.3, 0.4) is 0 Å². The van der Waals surface area contributed by atoms with Crippen molar-refractivity contribution >= 4 is 16.7 Å². The first-order chi connectivity index (χ1) is 6.86. The number of nitrogens with one attached hydrogen (secondary N) is 1. The molecule has 0 spiro atoms. The average Bonchev–Trinajstić information content (AvgIpc) is 2.69. The zero-order chi connectivity index (χ0) is 9.80. The Morgan fingerprint density at radius 1 is 1.50 bits per heavy atom. The Kier molecular flexibility index (Phi) is 2.69. The van der Waals surface area contributed by atoms with Gasteiger partial charge in [-0.2, -0.15) is 4.37 Å². The van der Waals surface area contributed by atoms with Crippen LogP contribution < -0.4 is 5.32 Å². The molecule has 0 aliphatic heterocycles. The number of aryl methyl sites for hydroxylation is 1. The molecule has 0 aliphatic rings. The average molecular weight is 206 g/mol. The Labute approximate surface area is 86.2 Å². The number of rotatable bonds is 3. The van der Waals surface area contributed by atoms with Crippen molar-refractivity contribution in [3.63, 3.8) is 0 Å². The highest BCUT2D eigenvalue weighted by Crippen LogP contribution is 2.10. The number of nitrogens with zero attached hydrogens (tertiary/aromatic N) is 3. The van der Waals surface area contributed by atoms with Crippen LogP contribution in [-0.2, 0) is 6.54 Å². The number of anilines is 1. The maximum atomic E-state index is 4.07. The quantitative estimate of drug-likeness (QED) is 0.832. The van der Waals surface area contributed by atoms with Crippen LogP contribution in [-0.4, -0.2) is 14.3 Å². The molecule has 2 aromatic rings. The summed E-state index contributed by atoms with van der Waals surface area (Å²) < 4.78 is 3.91. The van der Waals surface area contributed by atoms with Gasteiger partial charge in [-0.05, 0) is 24.1 Å². The molecule has 2 aromatic heterocycles. The topological polar surface area (TPSA) is 50.7 Å². The van der Waals surface area contributed by atoms with Crippen molar-refractivity contribution in [3.05, 3.63) is 35.9 Å². The van der Waals surface area contributed by atoms with Crippen LogP contribution in [0.2, 0.25) is 0 Å². The van der Waals surface area contributed by atoms with Crippen molar-refractivity contribution in [2.75, 3.05) is 5.32 Å². The maximum Gasteiger partial charge on any atom is 0.202 e. The van der Waals surface area contributed by atoms with Gasteiger partial charge in [0.1, 0.15) is 6.33 Å². The summed E-state index contributed by atoms with van der Waals surface area (Å²) in [7, 11) is 0. The molecule has 0 saturated carbocycles. The van der Waals surface area contributed by atoms with Gasteiger partial charge in [0.2, 0.25) is 5.13 Å². The first-order valence-electron chi connectivity index (χ1n) is 4.26. The second kappa shape index (κ2) is 4.15. The van der Waals surface area contributed by atoms with Crippen LogP contribution in [0.5, 0.6) is 0 Å². The number of aromatic nitrogens is 3. The largest absolute Gasteiger partial charge is 0.356 e. The Morgan fingerprint density at radius 2 is 2.43 bits per heavy atom. The lowest BCUT2D eigenvalue weighted by molar-refractivity contribution is 1.07. The molecule has 0 aliphatic carbocycles. The lowest BCUT2D eigenvalue weighted by atomic mass is 10.2. The third kappa shape index (κ3) is 2.05. The minimum Gasteiger partial charge on any atom is -0.356 e.